The van der Waals surface area contributed by atoms with E-state index in [2.05, 4.69) is 20.7 Å². The molecule has 6 N–H and O–H groups in total. The van der Waals surface area contributed by atoms with E-state index in [1.54, 1.807) is 37.5 Å². The number of hydrazone groups is 1. The number of pyridine rings is 1. The number of hydrazine groups is 1. The van der Waals surface area contributed by atoms with Gasteiger partial charge < -0.3 is 21.2 Å². The summed E-state index contributed by atoms with van der Waals surface area (Å²) in [5, 5.41) is 8.78. The minimum Gasteiger partial charge on any atom is -0.410 e. The maximum absolute atomic E-state index is 12.7. The quantitative estimate of drug-likeness (QED) is 0.148. The number of amidine groups is 1. The molecule has 0 spiro atoms. The van der Waals surface area contributed by atoms with Crippen molar-refractivity contribution in [3.8, 4) is 16.9 Å². The molecule has 26 heavy (non-hydrogen) atoms. The maximum Gasteiger partial charge on any atom is 0.413 e. The zero-order valence-electron chi connectivity index (χ0n) is 13.8. The molecule has 0 unspecified atom stereocenters. The van der Waals surface area contributed by atoms with E-state index in [0.717, 1.165) is 5.56 Å². The Kier molecular flexibility index (Phi) is 7.14. The van der Waals surface area contributed by atoms with Crippen LogP contribution in [0.25, 0.3) is 11.1 Å². The minimum atomic E-state index is -0.584. The number of hydrogen-bond donors (Lipinski definition) is 4. The van der Waals surface area contributed by atoms with Gasteiger partial charge >= 0.3 is 6.09 Å². The second-order valence-corrected chi connectivity index (χ2v) is 5.47. The van der Waals surface area contributed by atoms with Gasteiger partial charge in [-0.2, -0.15) is 5.10 Å². The van der Waals surface area contributed by atoms with Crippen molar-refractivity contribution in [2.75, 3.05) is 13.7 Å². The summed E-state index contributed by atoms with van der Waals surface area (Å²) in [6.45, 7) is 0.286. The predicted molar refractivity (Wildman–Crippen MR) is 98.2 cm³/mol. The zero-order chi connectivity index (χ0) is 18.9. The third kappa shape index (κ3) is 5.05. The summed E-state index contributed by atoms with van der Waals surface area (Å²) in [6, 6.07) is 8.54. The normalized spacial score (nSPS) is 11.1. The topological polar surface area (TPSA) is 131 Å². The van der Waals surface area contributed by atoms with Crippen LogP contribution in [0.1, 0.15) is 5.56 Å². The highest BCUT2D eigenvalue weighted by molar-refractivity contribution is 7.92. The number of amides is 1. The second-order valence-electron chi connectivity index (χ2n) is 4.93. The number of halogens is 1. The lowest BCUT2D eigenvalue weighted by atomic mass is 10.1. The number of carbonyl (C=O) groups excluding carboxylic acids is 1. The Morgan fingerprint density at radius 2 is 2.19 bits per heavy atom. The summed E-state index contributed by atoms with van der Waals surface area (Å²) >= 11 is -0.227. The van der Waals surface area contributed by atoms with Crippen LogP contribution in [0.2, 0.25) is 0 Å². The molecule has 0 atom stereocenters. The third-order valence-corrected chi connectivity index (χ3v) is 3.51. The first kappa shape index (κ1) is 19.4. The maximum atomic E-state index is 12.7. The molecule has 138 valence electrons. The van der Waals surface area contributed by atoms with E-state index < -0.39 is 6.09 Å². The van der Waals surface area contributed by atoms with E-state index in [9.17, 15) is 8.68 Å². The van der Waals surface area contributed by atoms with Crippen LogP contribution in [0, 0.1) is 0 Å². The molecule has 0 aliphatic rings. The van der Waals surface area contributed by atoms with Crippen LogP contribution in [-0.4, -0.2) is 35.0 Å². The van der Waals surface area contributed by atoms with Gasteiger partial charge in [-0.05, 0) is 30.8 Å². The summed E-state index contributed by atoms with van der Waals surface area (Å²) in [6.07, 6.45) is 2.47. The SMILES string of the molecule is CNCNC(=O)Oc1cccc(-c2cncc(/C(=N/N)N(N)SF)c2)c1. The van der Waals surface area contributed by atoms with Crippen LogP contribution in [0.15, 0.2) is 47.8 Å². The number of aromatic nitrogens is 1. The first-order valence-corrected chi connectivity index (χ1v) is 8.04. The molecule has 9 nitrogen and oxygen atoms in total. The smallest absolute Gasteiger partial charge is 0.410 e. The van der Waals surface area contributed by atoms with E-state index in [0.29, 0.717) is 21.3 Å². The van der Waals surface area contributed by atoms with Gasteiger partial charge in [-0.3, -0.25) is 4.98 Å². The molecule has 0 saturated heterocycles. The van der Waals surface area contributed by atoms with E-state index >= 15 is 0 Å². The molecule has 1 aromatic carbocycles. The second kappa shape index (κ2) is 9.56. The minimum absolute atomic E-state index is 0.0192. The lowest BCUT2D eigenvalue weighted by molar-refractivity contribution is 0.200. The number of nitrogens with one attached hydrogen (secondary N) is 2. The fraction of sp³-hybridized carbons (Fsp3) is 0.133. The Balaban J connectivity index is 2.25. The molecule has 0 aliphatic heterocycles. The Bertz CT molecular complexity index is 790. The van der Waals surface area contributed by atoms with Gasteiger partial charge in [0.1, 0.15) is 5.75 Å². The highest BCUT2D eigenvalue weighted by Gasteiger charge is 2.13. The van der Waals surface area contributed by atoms with Gasteiger partial charge in [0, 0.05) is 23.5 Å². The summed E-state index contributed by atoms with van der Waals surface area (Å²) in [4.78, 5) is 15.7. The van der Waals surface area contributed by atoms with Crippen LogP contribution in [0.3, 0.4) is 0 Å². The molecular weight excluding hydrogens is 361 g/mol. The van der Waals surface area contributed by atoms with E-state index in [1.165, 1.54) is 6.20 Å². The van der Waals surface area contributed by atoms with Crippen molar-refractivity contribution in [3.05, 3.63) is 48.3 Å². The van der Waals surface area contributed by atoms with E-state index in [4.69, 9.17) is 16.4 Å². The molecule has 0 bridgehead atoms. The number of rotatable bonds is 6. The van der Waals surface area contributed by atoms with Crippen molar-refractivity contribution in [1.29, 1.82) is 0 Å². The number of ether oxygens (including phenoxy) is 1. The summed E-state index contributed by atoms with van der Waals surface area (Å²) in [5.74, 6) is 11.1. The molecule has 2 aromatic rings. The highest BCUT2D eigenvalue weighted by Crippen LogP contribution is 2.25. The predicted octanol–water partition coefficient (Wildman–Crippen LogP) is 1.34. The van der Waals surface area contributed by atoms with Crippen molar-refractivity contribution in [2.24, 2.45) is 16.8 Å². The summed E-state index contributed by atoms with van der Waals surface area (Å²) in [5.41, 5.74) is 1.84. The monoisotopic (exact) mass is 379 g/mol. The average molecular weight is 379 g/mol. The molecule has 0 radical (unpaired) electrons. The lowest BCUT2D eigenvalue weighted by Crippen LogP contribution is -2.33. The van der Waals surface area contributed by atoms with Gasteiger partial charge in [-0.25, -0.2) is 15.1 Å². The van der Waals surface area contributed by atoms with Crippen LogP contribution in [0.4, 0.5) is 8.68 Å². The molecule has 0 fully saturated rings. The number of carbonyl (C=O) groups is 1. The molecule has 1 aromatic heterocycles. The Morgan fingerprint density at radius 1 is 1.38 bits per heavy atom. The third-order valence-electron chi connectivity index (χ3n) is 3.19. The van der Waals surface area contributed by atoms with Crippen molar-refractivity contribution >= 4 is 24.3 Å². The number of hydrogen-bond acceptors (Lipinski definition) is 8. The van der Waals surface area contributed by atoms with Crippen LogP contribution < -0.4 is 27.1 Å². The standard InChI is InChI=1S/C15H18FN7O2S/c1-19-9-21-15(24)25-13-4-2-3-10(6-13)11-5-12(8-20-7-11)14(22-17)23(18)26-16/h2-8,19H,9,17-18H2,1H3,(H,21,24)/b22-14-. The average Bonchev–Trinajstić information content (AvgIpc) is 2.67. The lowest BCUT2D eigenvalue weighted by Gasteiger charge is -2.14. The first-order chi connectivity index (χ1) is 12.6. The largest absolute Gasteiger partial charge is 0.413 e. The fourth-order valence-electron chi connectivity index (χ4n) is 2.05. The van der Waals surface area contributed by atoms with Crippen molar-refractivity contribution in [1.82, 2.24) is 20.0 Å². The number of nitrogens with zero attached hydrogens (tertiary/aromatic N) is 3. The molecule has 0 saturated carbocycles. The number of nitrogens with two attached hydrogens (primary N) is 2. The zero-order valence-corrected chi connectivity index (χ0v) is 14.7. The van der Waals surface area contributed by atoms with Crippen molar-refractivity contribution in [2.45, 2.75) is 0 Å². The van der Waals surface area contributed by atoms with Crippen molar-refractivity contribution in [3.63, 3.8) is 0 Å². The molecule has 1 amide bonds. The van der Waals surface area contributed by atoms with E-state index in [1.807, 2.05) is 6.07 Å². The molecule has 0 aliphatic carbocycles. The summed E-state index contributed by atoms with van der Waals surface area (Å²) < 4.78 is 18.6. The van der Waals surface area contributed by atoms with Gasteiger partial charge in [-0.1, -0.05) is 12.1 Å². The highest BCUT2D eigenvalue weighted by atomic mass is 32.2. The Hall–Kier alpha value is -2.89. The van der Waals surface area contributed by atoms with Gasteiger partial charge in [0.15, 0.2) is 18.2 Å². The van der Waals surface area contributed by atoms with Gasteiger partial charge in [0.2, 0.25) is 0 Å². The number of benzene rings is 1. The van der Waals surface area contributed by atoms with Crippen LogP contribution >= 0.6 is 12.3 Å². The Morgan fingerprint density at radius 3 is 2.88 bits per heavy atom. The van der Waals surface area contributed by atoms with Crippen LogP contribution in [-0.2, 0) is 0 Å². The Labute approximate surface area is 154 Å². The molecule has 1 heterocycles. The fourth-order valence-corrected chi connectivity index (χ4v) is 2.27. The molecule has 11 heteroatoms. The van der Waals surface area contributed by atoms with Crippen molar-refractivity contribution < 1.29 is 13.4 Å². The van der Waals surface area contributed by atoms with E-state index in [-0.39, 0.29) is 24.8 Å². The first-order valence-electron chi connectivity index (χ1n) is 7.36. The summed E-state index contributed by atoms with van der Waals surface area (Å²) in [7, 11) is 1.70. The molecule has 2 rings (SSSR count). The van der Waals surface area contributed by atoms with Crippen LogP contribution in [0.5, 0.6) is 5.75 Å². The molecular formula is C15H18FN7O2S. The van der Waals surface area contributed by atoms with Gasteiger partial charge in [-0.15, -0.1) is 3.89 Å². The van der Waals surface area contributed by atoms with Gasteiger partial charge in [0.05, 0.1) is 6.67 Å². The van der Waals surface area contributed by atoms with Gasteiger partial charge in [0.25, 0.3) is 0 Å².